The number of aromatic nitrogens is 1. The molecule has 1 aromatic rings. The van der Waals surface area contributed by atoms with Crippen molar-refractivity contribution in [1.82, 2.24) is 14.8 Å². The fourth-order valence-electron chi connectivity index (χ4n) is 4.48. The quantitative estimate of drug-likeness (QED) is 0.807. The molecule has 0 aromatic carbocycles. The standard InChI is InChI=1S/C20H26N4O5/c25-18(23-9-1-2-14(12-23)19(26)27)17-13-24(20(28)29-17)16-5-10-22(11-6-16)15-3-7-21-8-4-15/h3-4,7-8,14,16-17H,1-2,5-6,9-13H2,(H,26,27). The number of carbonyl (C=O) groups is 3. The van der Waals surface area contributed by atoms with Crippen LogP contribution in [-0.4, -0.2) is 82.7 Å². The Bertz CT molecular complexity index is 765. The van der Waals surface area contributed by atoms with Crippen LogP contribution in [0.1, 0.15) is 25.7 Å². The molecule has 2 atom stereocenters. The van der Waals surface area contributed by atoms with E-state index in [0.717, 1.165) is 31.6 Å². The maximum absolute atomic E-state index is 12.8. The molecule has 1 N–H and O–H groups in total. The van der Waals surface area contributed by atoms with Gasteiger partial charge in [-0.05, 0) is 37.8 Å². The lowest BCUT2D eigenvalue weighted by molar-refractivity contribution is -0.147. The zero-order valence-electron chi connectivity index (χ0n) is 16.3. The number of anilines is 1. The summed E-state index contributed by atoms with van der Waals surface area (Å²) in [6.07, 6.45) is 5.10. The number of cyclic esters (lactones) is 1. The van der Waals surface area contributed by atoms with Crippen molar-refractivity contribution in [2.75, 3.05) is 37.6 Å². The predicted molar refractivity (Wildman–Crippen MR) is 103 cm³/mol. The smallest absolute Gasteiger partial charge is 0.411 e. The van der Waals surface area contributed by atoms with Crippen LogP contribution >= 0.6 is 0 Å². The van der Waals surface area contributed by atoms with Gasteiger partial charge in [0, 0.05) is 50.3 Å². The zero-order chi connectivity index (χ0) is 20.4. The summed E-state index contributed by atoms with van der Waals surface area (Å²) in [4.78, 5) is 46.0. The van der Waals surface area contributed by atoms with E-state index in [0.29, 0.717) is 19.4 Å². The van der Waals surface area contributed by atoms with Crippen molar-refractivity contribution in [2.45, 2.75) is 37.8 Å². The van der Waals surface area contributed by atoms with Gasteiger partial charge in [0.15, 0.2) is 6.10 Å². The average molecular weight is 402 g/mol. The highest BCUT2D eigenvalue weighted by molar-refractivity contribution is 5.87. The van der Waals surface area contributed by atoms with Crippen molar-refractivity contribution in [1.29, 1.82) is 0 Å². The van der Waals surface area contributed by atoms with Gasteiger partial charge in [0.2, 0.25) is 0 Å². The first-order chi connectivity index (χ1) is 14.0. The monoisotopic (exact) mass is 402 g/mol. The number of rotatable bonds is 4. The van der Waals surface area contributed by atoms with E-state index in [1.54, 1.807) is 17.3 Å². The summed E-state index contributed by atoms with van der Waals surface area (Å²) in [5.74, 6) is -1.70. The first-order valence-corrected chi connectivity index (χ1v) is 10.2. The number of ether oxygens (including phenoxy) is 1. The molecule has 156 valence electrons. The highest BCUT2D eigenvalue weighted by Gasteiger charge is 2.43. The second kappa shape index (κ2) is 8.26. The van der Waals surface area contributed by atoms with Crippen molar-refractivity contribution in [3.05, 3.63) is 24.5 Å². The number of piperidine rings is 2. The lowest BCUT2D eigenvalue weighted by atomic mass is 9.98. The third kappa shape index (κ3) is 4.13. The Balaban J connectivity index is 1.32. The van der Waals surface area contributed by atoms with Gasteiger partial charge < -0.3 is 24.5 Å². The number of hydrogen-bond donors (Lipinski definition) is 1. The maximum Gasteiger partial charge on any atom is 0.411 e. The molecular formula is C20H26N4O5. The van der Waals surface area contributed by atoms with E-state index in [4.69, 9.17) is 4.74 Å². The lowest BCUT2D eigenvalue weighted by Crippen LogP contribution is -2.49. The number of aliphatic carboxylic acids is 1. The lowest BCUT2D eigenvalue weighted by Gasteiger charge is -2.36. The highest BCUT2D eigenvalue weighted by Crippen LogP contribution is 2.27. The van der Waals surface area contributed by atoms with Crippen molar-refractivity contribution < 1.29 is 24.2 Å². The molecule has 3 aliphatic heterocycles. The van der Waals surface area contributed by atoms with Crippen LogP contribution in [0.5, 0.6) is 0 Å². The molecule has 0 radical (unpaired) electrons. The maximum atomic E-state index is 12.8. The van der Waals surface area contributed by atoms with E-state index in [2.05, 4.69) is 9.88 Å². The number of carbonyl (C=O) groups excluding carboxylic acids is 2. The summed E-state index contributed by atoms with van der Waals surface area (Å²) in [6.45, 7) is 2.59. The summed E-state index contributed by atoms with van der Waals surface area (Å²) in [5, 5.41) is 9.22. The minimum Gasteiger partial charge on any atom is -0.481 e. The molecule has 1 aromatic heterocycles. The van der Waals surface area contributed by atoms with Crippen LogP contribution in [0.3, 0.4) is 0 Å². The molecule has 2 amide bonds. The fraction of sp³-hybridized carbons (Fsp3) is 0.600. The van der Waals surface area contributed by atoms with E-state index in [-0.39, 0.29) is 25.0 Å². The number of likely N-dealkylation sites (tertiary alicyclic amines) is 1. The van der Waals surface area contributed by atoms with Gasteiger partial charge in [-0.2, -0.15) is 0 Å². The van der Waals surface area contributed by atoms with Crippen molar-refractivity contribution in [2.24, 2.45) is 5.92 Å². The Labute approximate surface area is 169 Å². The summed E-state index contributed by atoms with van der Waals surface area (Å²) < 4.78 is 5.38. The Hall–Kier alpha value is -2.84. The van der Waals surface area contributed by atoms with Crippen LogP contribution in [0.25, 0.3) is 0 Å². The Morgan fingerprint density at radius 1 is 1.07 bits per heavy atom. The number of carboxylic acid groups (broad SMARTS) is 1. The van der Waals surface area contributed by atoms with E-state index in [9.17, 15) is 19.5 Å². The van der Waals surface area contributed by atoms with Gasteiger partial charge in [0.05, 0.1) is 12.5 Å². The molecule has 9 heteroatoms. The van der Waals surface area contributed by atoms with Crippen LogP contribution in [0.4, 0.5) is 10.5 Å². The van der Waals surface area contributed by atoms with Gasteiger partial charge in [0.1, 0.15) is 0 Å². The third-order valence-corrected chi connectivity index (χ3v) is 6.13. The summed E-state index contributed by atoms with van der Waals surface area (Å²) in [7, 11) is 0. The minimum atomic E-state index is -0.881. The zero-order valence-corrected chi connectivity index (χ0v) is 16.3. The summed E-state index contributed by atoms with van der Waals surface area (Å²) in [5.41, 5.74) is 1.12. The molecule has 2 unspecified atom stereocenters. The first kappa shape index (κ1) is 19.5. The van der Waals surface area contributed by atoms with Gasteiger partial charge in [-0.3, -0.25) is 14.6 Å². The van der Waals surface area contributed by atoms with E-state index < -0.39 is 24.1 Å². The van der Waals surface area contributed by atoms with Crippen LogP contribution in [0.2, 0.25) is 0 Å². The number of carboxylic acids is 1. The van der Waals surface area contributed by atoms with Crippen LogP contribution in [0, 0.1) is 5.92 Å². The molecule has 4 heterocycles. The van der Waals surface area contributed by atoms with E-state index >= 15 is 0 Å². The Morgan fingerprint density at radius 2 is 1.79 bits per heavy atom. The molecule has 0 aliphatic carbocycles. The Kier molecular flexibility index (Phi) is 5.55. The highest BCUT2D eigenvalue weighted by atomic mass is 16.6. The molecule has 0 spiro atoms. The second-order valence-corrected chi connectivity index (χ2v) is 7.91. The Morgan fingerprint density at radius 3 is 2.48 bits per heavy atom. The molecule has 3 aliphatic rings. The molecular weight excluding hydrogens is 376 g/mol. The van der Waals surface area contributed by atoms with Gasteiger partial charge in [-0.15, -0.1) is 0 Å². The van der Waals surface area contributed by atoms with Gasteiger partial charge in [0.25, 0.3) is 5.91 Å². The predicted octanol–water partition coefficient (Wildman–Crippen LogP) is 1.19. The van der Waals surface area contributed by atoms with Crippen molar-refractivity contribution >= 4 is 23.7 Å². The SMILES string of the molecule is O=C(O)C1CCCN(C(=O)C2CN(C3CCN(c4ccncc4)CC3)C(=O)O2)C1. The van der Waals surface area contributed by atoms with Gasteiger partial charge in [-0.25, -0.2) is 4.79 Å². The van der Waals surface area contributed by atoms with Crippen LogP contribution in [-0.2, 0) is 14.3 Å². The van der Waals surface area contributed by atoms with Crippen molar-refractivity contribution in [3.8, 4) is 0 Å². The van der Waals surface area contributed by atoms with Crippen molar-refractivity contribution in [3.63, 3.8) is 0 Å². The normalized spacial score (nSPS) is 25.8. The molecule has 3 fully saturated rings. The molecule has 29 heavy (non-hydrogen) atoms. The molecule has 3 saturated heterocycles. The topological polar surface area (TPSA) is 103 Å². The summed E-state index contributed by atoms with van der Waals surface area (Å²) in [6, 6.07) is 4.00. The third-order valence-electron chi connectivity index (χ3n) is 6.13. The number of hydrogen-bond acceptors (Lipinski definition) is 6. The van der Waals surface area contributed by atoms with Crippen LogP contribution < -0.4 is 4.90 Å². The minimum absolute atomic E-state index is 0.0477. The van der Waals surface area contributed by atoms with Gasteiger partial charge >= 0.3 is 12.1 Å². The average Bonchev–Trinajstić information content (AvgIpc) is 3.15. The van der Waals surface area contributed by atoms with E-state index in [1.807, 2.05) is 12.1 Å². The first-order valence-electron chi connectivity index (χ1n) is 10.2. The van der Waals surface area contributed by atoms with E-state index in [1.165, 1.54) is 4.90 Å². The molecule has 0 saturated carbocycles. The molecule has 0 bridgehead atoms. The number of nitrogens with zero attached hydrogens (tertiary/aromatic N) is 4. The number of pyridine rings is 1. The number of amides is 2. The molecule has 9 nitrogen and oxygen atoms in total. The second-order valence-electron chi connectivity index (χ2n) is 7.91. The summed E-state index contributed by atoms with van der Waals surface area (Å²) >= 11 is 0. The van der Waals surface area contributed by atoms with Crippen LogP contribution in [0.15, 0.2) is 24.5 Å². The molecule has 4 rings (SSSR count). The largest absolute Gasteiger partial charge is 0.481 e. The van der Waals surface area contributed by atoms with Gasteiger partial charge in [-0.1, -0.05) is 0 Å². The fourth-order valence-corrected chi connectivity index (χ4v) is 4.48.